The van der Waals surface area contributed by atoms with E-state index in [2.05, 4.69) is 26.1 Å². The van der Waals surface area contributed by atoms with E-state index in [0.29, 0.717) is 29.4 Å². The summed E-state index contributed by atoms with van der Waals surface area (Å²) in [5.74, 6) is 1.80. The highest BCUT2D eigenvalue weighted by Gasteiger charge is 2.27. The van der Waals surface area contributed by atoms with E-state index in [9.17, 15) is 8.42 Å². The number of rotatable bonds is 7. The summed E-state index contributed by atoms with van der Waals surface area (Å²) in [4.78, 5) is 8.90. The molecule has 9 heteroatoms. The van der Waals surface area contributed by atoms with Crippen LogP contribution in [0.5, 0.6) is 0 Å². The van der Waals surface area contributed by atoms with E-state index in [-0.39, 0.29) is 4.90 Å². The molecule has 0 amide bonds. The number of aromatic nitrogens is 2. The van der Waals surface area contributed by atoms with Gasteiger partial charge in [0, 0.05) is 18.0 Å². The Morgan fingerprint density at radius 1 is 1.00 bits per heavy atom. The van der Waals surface area contributed by atoms with Crippen molar-refractivity contribution in [3.05, 3.63) is 36.0 Å². The van der Waals surface area contributed by atoms with Crippen molar-refractivity contribution in [1.29, 1.82) is 0 Å². The lowest BCUT2D eigenvalue weighted by Gasteiger charge is -2.12. The lowest BCUT2D eigenvalue weighted by Crippen LogP contribution is -2.13. The Labute approximate surface area is 145 Å². The summed E-state index contributed by atoms with van der Waals surface area (Å²) in [5, 5.41) is 3.32. The molecule has 4 rings (SSSR count). The third-order valence-electron chi connectivity index (χ3n) is 4.14. The number of hydrogen-bond acceptors (Lipinski definition) is 7. The second-order valence-corrected chi connectivity index (χ2v) is 7.87. The van der Waals surface area contributed by atoms with Gasteiger partial charge in [-0.2, -0.15) is 13.4 Å². The minimum atomic E-state index is -4.18. The van der Waals surface area contributed by atoms with Gasteiger partial charge in [-0.3, -0.25) is 15.4 Å². The SMILES string of the molecule is O=S(=O)(O)c1ccc(NNc2cc(C3CC3)nc(NC3CC3)n2)cc1. The predicted molar refractivity (Wildman–Crippen MR) is 94.2 cm³/mol. The largest absolute Gasteiger partial charge is 0.351 e. The normalized spacial score (nSPS) is 17.2. The number of hydrazine groups is 1. The standard InChI is InChI=1S/C16H19N5O3S/c22-25(23,24)13-7-5-12(6-8-13)20-21-15-9-14(10-1-2-10)18-16(19-15)17-11-3-4-11/h5-11,20H,1-4H2,(H,22,23,24)(H2,17,18,19,21). The van der Waals surface area contributed by atoms with Crippen LogP contribution in [0.3, 0.4) is 0 Å². The molecule has 4 N–H and O–H groups in total. The van der Waals surface area contributed by atoms with Crippen molar-refractivity contribution in [2.45, 2.75) is 42.5 Å². The van der Waals surface area contributed by atoms with Crippen molar-refractivity contribution in [3.8, 4) is 0 Å². The van der Waals surface area contributed by atoms with Gasteiger partial charge in [0.1, 0.15) is 5.82 Å². The van der Waals surface area contributed by atoms with E-state index in [1.54, 1.807) is 12.1 Å². The maximum atomic E-state index is 11.1. The summed E-state index contributed by atoms with van der Waals surface area (Å²) in [7, 11) is -4.18. The molecule has 1 aromatic carbocycles. The summed E-state index contributed by atoms with van der Waals surface area (Å²) in [6.07, 6.45) is 4.62. The molecule has 0 bridgehead atoms. The Hall–Kier alpha value is -2.39. The molecule has 1 aromatic heterocycles. The molecule has 2 aromatic rings. The highest BCUT2D eigenvalue weighted by Crippen LogP contribution is 2.40. The summed E-state index contributed by atoms with van der Waals surface area (Å²) in [6.45, 7) is 0. The van der Waals surface area contributed by atoms with Crippen molar-refractivity contribution in [2.24, 2.45) is 0 Å². The first-order valence-electron chi connectivity index (χ1n) is 8.22. The smallest absolute Gasteiger partial charge is 0.294 e. The lowest BCUT2D eigenvalue weighted by molar-refractivity contribution is 0.483. The van der Waals surface area contributed by atoms with Crippen LogP contribution in [0, 0.1) is 0 Å². The fourth-order valence-corrected chi connectivity index (χ4v) is 2.92. The van der Waals surface area contributed by atoms with Crippen LogP contribution in [0.15, 0.2) is 35.2 Å². The Morgan fingerprint density at radius 2 is 1.72 bits per heavy atom. The van der Waals surface area contributed by atoms with Gasteiger partial charge in [-0.05, 0) is 49.9 Å². The molecule has 0 aliphatic heterocycles. The molecule has 1 heterocycles. The van der Waals surface area contributed by atoms with Gasteiger partial charge < -0.3 is 5.32 Å². The summed E-state index contributed by atoms with van der Waals surface area (Å²) >= 11 is 0. The van der Waals surface area contributed by atoms with Gasteiger partial charge in [0.05, 0.1) is 16.3 Å². The van der Waals surface area contributed by atoms with Crippen LogP contribution < -0.4 is 16.2 Å². The van der Waals surface area contributed by atoms with Crippen molar-refractivity contribution in [2.75, 3.05) is 16.2 Å². The molecule has 0 unspecified atom stereocenters. The monoisotopic (exact) mass is 361 g/mol. The number of anilines is 3. The molecule has 8 nitrogen and oxygen atoms in total. The zero-order valence-electron chi connectivity index (χ0n) is 13.4. The van der Waals surface area contributed by atoms with E-state index >= 15 is 0 Å². The van der Waals surface area contributed by atoms with Crippen LogP contribution in [0.1, 0.15) is 37.3 Å². The number of nitrogens with zero attached hydrogens (tertiary/aromatic N) is 2. The van der Waals surface area contributed by atoms with Crippen LogP contribution >= 0.6 is 0 Å². The second-order valence-electron chi connectivity index (χ2n) is 6.44. The van der Waals surface area contributed by atoms with Gasteiger partial charge in [0.2, 0.25) is 5.95 Å². The molecule has 2 fully saturated rings. The van der Waals surface area contributed by atoms with Crippen LogP contribution in [0.4, 0.5) is 17.5 Å². The van der Waals surface area contributed by atoms with E-state index in [0.717, 1.165) is 31.4 Å². The first-order chi connectivity index (χ1) is 12.0. The Balaban J connectivity index is 1.47. The van der Waals surface area contributed by atoms with Crippen molar-refractivity contribution in [1.82, 2.24) is 9.97 Å². The molecule has 132 valence electrons. The fourth-order valence-electron chi connectivity index (χ4n) is 2.44. The Kier molecular flexibility index (Phi) is 3.97. The molecule has 2 aliphatic carbocycles. The quantitative estimate of drug-likeness (QED) is 0.439. The summed E-state index contributed by atoms with van der Waals surface area (Å²) in [6, 6.07) is 8.17. The maximum Gasteiger partial charge on any atom is 0.294 e. The molecule has 0 atom stereocenters. The van der Waals surface area contributed by atoms with Crippen LogP contribution in [-0.4, -0.2) is 29.0 Å². The van der Waals surface area contributed by atoms with Crippen molar-refractivity contribution >= 4 is 27.6 Å². The van der Waals surface area contributed by atoms with E-state index in [4.69, 9.17) is 4.55 Å². The minimum Gasteiger partial charge on any atom is -0.351 e. The predicted octanol–water partition coefficient (Wildman–Crippen LogP) is 2.61. The molecular formula is C16H19N5O3S. The minimum absolute atomic E-state index is 0.146. The van der Waals surface area contributed by atoms with Gasteiger partial charge in [-0.1, -0.05) is 0 Å². The lowest BCUT2D eigenvalue weighted by atomic mass is 10.3. The van der Waals surface area contributed by atoms with Crippen LogP contribution in [0.2, 0.25) is 0 Å². The number of hydrogen-bond donors (Lipinski definition) is 4. The zero-order valence-corrected chi connectivity index (χ0v) is 14.3. The van der Waals surface area contributed by atoms with Gasteiger partial charge in [-0.25, -0.2) is 4.98 Å². The van der Waals surface area contributed by atoms with Crippen LogP contribution in [0.25, 0.3) is 0 Å². The summed E-state index contributed by atoms with van der Waals surface area (Å²) < 4.78 is 31.1. The third-order valence-corrected chi connectivity index (χ3v) is 5.01. The zero-order chi connectivity index (χ0) is 17.4. The molecule has 0 saturated heterocycles. The topological polar surface area (TPSA) is 116 Å². The van der Waals surface area contributed by atoms with E-state index in [1.165, 1.54) is 12.1 Å². The van der Waals surface area contributed by atoms with Gasteiger partial charge in [-0.15, -0.1) is 0 Å². The fraction of sp³-hybridized carbons (Fsp3) is 0.375. The van der Waals surface area contributed by atoms with Crippen molar-refractivity contribution < 1.29 is 13.0 Å². The number of nitrogens with one attached hydrogen (secondary N) is 3. The van der Waals surface area contributed by atoms with Gasteiger partial charge in [0.25, 0.3) is 10.1 Å². The van der Waals surface area contributed by atoms with Gasteiger partial charge >= 0.3 is 0 Å². The van der Waals surface area contributed by atoms with Crippen LogP contribution in [-0.2, 0) is 10.1 Å². The first kappa shape index (κ1) is 16.1. The van der Waals surface area contributed by atoms with E-state index < -0.39 is 10.1 Å². The molecule has 0 radical (unpaired) electrons. The molecule has 2 saturated carbocycles. The molecule has 0 spiro atoms. The molecule has 2 aliphatic rings. The van der Waals surface area contributed by atoms with E-state index in [1.807, 2.05) is 6.07 Å². The van der Waals surface area contributed by atoms with Crippen molar-refractivity contribution in [3.63, 3.8) is 0 Å². The molecular weight excluding hydrogens is 342 g/mol. The average Bonchev–Trinajstić information content (AvgIpc) is 3.45. The summed E-state index contributed by atoms with van der Waals surface area (Å²) in [5.41, 5.74) is 7.68. The second kappa shape index (κ2) is 6.16. The molecule has 25 heavy (non-hydrogen) atoms. The Morgan fingerprint density at radius 3 is 2.32 bits per heavy atom. The maximum absolute atomic E-state index is 11.1. The van der Waals surface area contributed by atoms with Gasteiger partial charge in [0.15, 0.2) is 0 Å². The first-order valence-corrected chi connectivity index (χ1v) is 9.66. The highest BCUT2D eigenvalue weighted by molar-refractivity contribution is 7.85. The third kappa shape index (κ3) is 4.18. The number of benzene rings is 1. The average molecular weight is 361 g/mol. The Bertz CT molecular complexity index is 877. The highest BCUT2D eigenvalue weighted by atomic mass is 32.2.